The van der Waals surface area contributed by atoms with Gasteiger partial charge in [-0.15, -0.1) is 10.2 Å². The minimum atomic E-state index is -0.365. The van der Waals surface area contributed by atoms with Gasteiger partial charge in [-0.2, -0.15) is 12.6 Å². The van der Waals surface area contributed by atoms with Crippen molar-refractivity contribution in [1.82, 2.24) is 20.1 Å². The van der Waals surface area contributed by atoms with Crippen molar-refractivity contribution in [2.75, 3.05) is 0 Å². The third kappa shape index (κ3) is 3.82. The van der Waals surface area contributed by atoms with Crippen LogP contribution in [0.1, 0.15) is 11.4 Å². The quantitative estimate of drug-likeness (QED) is 0.800. The van der Waals surface area contributed by atoms with Crippen LogP contribution in [0, 0.1) is 0 Å². The van der Waals surface area contributed by atoms with Crippen LogP contribution in [0.3, 0.4) is 0 Å². The number of rotatable bonds is 5. The summed E-state index contributed by atoms with van der Waals surface area (Å²) in [6.07, 6.45) is 2.21. The third-order valence-electron chi connectivity index (χ3n) is 2.80. The van der Waals surface area contributed by atoms with E-state index in [0.29, 0.717) is 18.8 Å². The predicted octanol–water partition coefficient (Wildman–Crippen LogP) is 0.972. The monoisotopic (exact) mass is 276 g/mol. The van der Waals surface area contributed by atoms with Gasteiger partial charge in [0, 0.05) is 7.05 Å². The van der Waals surface area contributed by atoms with E-state index in [9.17, 15) is 4.79 Å². The summed E-state index contributed by atoms with van der Waals surface area (Å²) in [6.45, 7) is 0.362. The van der Waals surface area contributed by atoms with Crippen LogP contribution < -0.4 is 5.32 Å². The van der Waals surface area contributed by atoms with Crippen LogP contribution in [-0.4, -0.2) is 25.9 Å². The van der Waals surface area contributed by atoms with Crippen molar-refractivity contribution in [1.29, 1.82) is 0 Å². The van der Waals surface area contributed by atoms with E-state index in [0.717, 1.165) is 5.56 Å². The van der Waals surface area contributed by atoms with Crippen LogP contribution in [0.5, 0.6) is 0 Å². The Balaban J connectivity index is 1.84. The second kappa shape index (κ2) is 6.38. The molecule has 1 amide bonds. The zero-order chi connectivity index (χ0) is 13.7. The fourth-order valence-corrected chi connectivity index (χ4v) is 1.98. The number of carbonyl (C=O) groups excluding carboxylic acids is 1. The molecule has 6 heteroatoms. The third-order valence-corrected chi connectivity index (χ3v) is 3.22. The first-order valence-corrected chi connectivity index (χ1v) is 6.51. The fraction of sp³-hybridized carbons (Fsp3) is 0.308. The first kappa shape index (κ1) is 13.6. The standard InChI is InChI=1S/C13H16N4OS/c1-17-9-15-16-12(17)8-14-13(18)11(19)7-10-5-3-2-4-6-10/h2-6,9,11,19H,7-8H2,1H3,(H,14,18). The minimum Gasteiger partial charge on any atom is -0.348 e. The maximum absolute atomic E-state index is 11.9. The summed E-state index contributed by atoms with van der Waals surface area (Å²) in [5.41, 5.74) is 1.09. The van der Waals surface area contributed by atoms with Gasteiger partial charge >= 0.3 is 0 Å². The van der Waals surface area contributed by atoms with E-state index in [1.807, 2.05) is 37.4 Å². The normalized spacial score (nSPS) is 12.1. The number of amides is 1. The smallest absolute Gasteiger partial charge is 0.233 e. The Labute approximate surface area is 117 Å². The second-order valence-electron chi connectivity index (χ2n) is 4.28. The summed E-state index contributed by atoms with van der Waals surface area (Å²) in [7, 11) is 1.84. The van der Waals surface area contributed by atoms with Crippen molar-refractivity contribution in [2.45, 2.75) is 18.2 Å². The summed E-state index contributed by atoms with van der Waals surface area (Å²) < 4.78 is 1.77. The average molecular weight is 276 g/mol. The average Bonchev–Trinajstić information content (AvgIpc) is 2.82. The minimum absolute atomic E-state index is 0.102. The molecule has 1 aromatic heterocycles. The maximum atomic E-state index is 11.9. The lowest BCUT2D eigenvalue weighted by Gasteiger charge is -2.11. The first-order chi connectivity index (χ1) is 9.16. The van der Waals surface area contributed by atoms with Gasteiger partial charge in [0.15, 0.2) is 5.82 Å². The lowest BCUT2D eigenvalue weighted by molar-refractivity contribution is -0.120. The molecule has 0 bridgehead atoms. The highest BCUT2D eigenvalue weighted by molar-refractivity contribution is 7.81. The first-order valence-electron chi connectivity index (χ1n) is 5.99. The Morgan fingerprint density at radius 1 is 1.42 bits per heavy atom. The molecule has 1 N–H and O–H groups in total. The van der Waals surface area contributed by atoms with Gasteiger partial charge in [-0.05, 0) is 12.0 Å². The molecule has 0 spiro atoms. The van der Waals surface area contributed by atoms with E-state index >= 15 is 0 Å². The molecule has 0 aliphatic heterocycles. The van der Waals surface area contributed by atoms with Crippen LogP contribution in [0.2, 0.25) is 0 Å². The molecule has 1 aromatic carbocycles. The van der Waals surface area contributed by atoms with Crippen LogP contribution in [-0.2, 0) is 24.8 Å². The van der Waals surface area contributed by atoms with Gasteiger partial charge in [0.25, 0.3) is 0 Å². The van der Waals surface area contributed by atoms with Gasteiger partial charge in [-0.25, -0.2) is 0 Å². The molecule has 0 radical (unpaired) electrons. The summed E-state index contributed by atoms with van der Waals surface area (Å²) in [4.78, 5) is 11.9. The van der Waals surface area contributed by atoms with Crippen LogP contribution in [0.4, 0.5) is 0 Å². The zero-order valence-electron chi connectivity index (χ0n) is 10.7. The fourth-order valence-electron chi connectivity index (χ4n) is 1.68. The van der Waals surface area contributed by atoms with Gasteiger partial charge in [0.05, 0.1) is 11.8 Å². The lowest BCUT2D eigenvalue weighted by atomic mass is 10.1. The Bertz CT molecular complexity index is 541. The highest BCUT2D eigenvalue weighted by Gasteiger charge is 2.14. The molecule has 1 heterocycles. The highest BCUT2D eigenvalue weighted by Crippen LogP contribution is 2.08. The summed E-state index contributed by atoms with van der Waals surface area (Å²) in [6, 6.07) is 9.82. The van der Waals surface area contributed by atoms with Crippen molar-refractivity contribution in [2.24, 2.45) is 7.05 Å². The highest BCUT2D eigenvalue weighted by atomic mass is 32.1. The van der Waals surface area contributed by atoms with Gasteiger partial charge in [0.2, 0.25) is 5.91 Å². The molecule has 2 rings (SSSR count). The Morgan fingerprint density at radius 3 is 2.79 bits per heavy atom. The van der Waals surface area contributed by atoms with Gasteiger partial charge < -0.3 is 9.88 Å². The lowest BCUT2D eigenvalue weighted by Crippen LogP contribution is -2.33. The summed E-state index contributed by atoms with van der Waals surface area (Å²) >= 11 is 4.34. The molecule has 0 aliphatic carbocycles. The molecule has 0 fully saturated rings. The molecule has 2 aromatic rings. The molecule has 19 heavy (non-hydrogen) atoms. The van der Waals surface area contributed by atoms with Crippen molar-refractivity contribution in [3.05, 3.63) is 48.0 Å². The van der Waals surface area contributed by atoms with E-state index < -0.39 is 0 Å². The number of benzene rings is 1. The number of aryl methyl sites for hydroxylation is 1. The van der Waals surface area contributed by atoms with Crippen LogP contribution in [0.25, 0.3) is 0 Å². The molecule has 1 atom stereocenters. The second-order valence-corrected chi connectivity index (χ2v) is 4.90. The van der Waals surface area contributed by atoms with E-state index in [1.165, 1.54) is 0 Å². The van der Waals surface area contributed by atoms with Crippen molar-refractivity contribution >= 4 is 18.5 Å². The van der Waals surface area contributed by atoms with E-state index in [4.69, 9.17) is 0 Å². The molecule has 5 nitrogen and oxygen atoms in total. The molecule has 0 aliphatic rings. The topological polar surface area (TPSA) is 59.8 Å². The molecular weight excluding hydrogens is 260 g/mol. The molecule has 1 unspecified atom stereocenters. The number of thiol groups is 1. The Kier molecular flexibility index (Phi) is 4.57. The number of hydrogen-bond acceptors (Lipinski definition) is 4. The van der Waals surface area contributed by atoms with Gasteiger partial charge in [-0.1, -0.05) is 30.3 Å². The number of carbonyl (C=O) groups is 1. The zero-order valence-corrected chi connectivity index (χ0v) is 11.5. The Morgan fingerprint density at radius 2 is 2.16 bits per heavy atom. The molecule has 0 saturated carbocycles. The number of nitrogens with zero attached hydrogens (tertiary/aromatic N) is 3. The van der Waals surface area contributed by atoms with Gasteiger partial charge in [-0.3, -0.25) is 4.79 Å². The van der Waals surface area contributed by atoms with E-state index in [2.05, 4.69) is 28.1 Å². The van der Waals surface area contributed by atoms with Crippen molar-refractivity contribution in [3.8, 4) is 0 Å². The van der Waals surface area contributed by atoms with Crippen LogP contribution >= 0.6 is 12.6 Å². The van der Waals surface area contributed by atoms with Crippen molar-refractivity contribution < 1.29 is 4.79 Å². The number of hydrogen-bond donors (Lipinski definition) is 2. The summed E-state index contributed by atoms with van der Waals surface area (Å²) in [5, 5.41) is 10.1. The molecule has 100 valence electrons. The molecule has 0 saturated heterocycles. The van der Waals surface area contributed by atoms with Crippen molar-refractivity contribution in [3.63, 3.8) is 0 Å². The van der Waals surface area contributed by atoms with E-state index in [1.54, 1.807) is 10.9 Å². The Hall–Kier alpha value is -1.82. The predicted molar refractivity (Wildman–Crippen MR) is 75.8 cm³/mol. The summed E-state index contributed by atoms with van der Waals surface area (Å²) in [5.74, 6) is 0.615. The largest absolute Gasteiger partial charge is 0.348 e. The SMILES string of the molecule is Cn1cnnc1CNC(=O)C(S)Cc1ccccc1. The number of nitrogens with one attached hydrogen (secondary N) is 1. The molecular formula is C13H16N4OS. The number of aromatic nitrogens is 3. The van der Waals surface area contributed by atoms with E-state index in [-0.39, 0.29) is 11.2 Å². The van der Waals surface area contributed by atoms with Gasteiger partial charge in [0.1, 0.15) is 6.33 Å². The van der Waals surface area contributed by atoms with Crippen LogP contribution in [0.15, 0.2) is 36.7 Å². The maximum Gasteiger partial charge on any atom is 0.233 e.